The fourth-order valence-corrected chi connectivity index (χ4v) is 2.89. The number of amides is 1. The first-order valence-electron chi connectivity index (χ1n) is 10.3. The number of hydrogen-bond acceptors (Lipinski definition) is 4. The number of aryl methyl sites for hydroxylation is 1. The van der Waals surface area contributed by atoms with Crippen molar-refractivity contribution in [2.45, 2.75) is 58.8 Å². The summed E-state index contributed by atoms with van der Waals surface area (Å²) >= 11 is 0. The van der Waals surface area contributed by atoms with Crippen LogP contribution in [0.1, 0.15) is 44.7 Å². The predicted molar refractivity (Wildman–Crippen MR) is 116 cm³/mol. The van der Waals surface area contributed by atoms with Crippen LogP contribution in [0, 0.1) is 6.92 Å². The van der Waals surface area contributed by atoms with Crippen LogP contribution in [-0.4, -0.2) is 62.3 Å². The Morgan fingerprint density at radius 2 is 2.07 bits per heavy atom. The molecule has 1 atom stereocenters. The van der Waals surface area contributed by atoms with Gasteiger partial charge in [0.1, 0.15) is 11.4 Å². The molecule has 0 saturated carbocycles. The van der Waals surface area contributed by atoms with E-state index in [4.69, 9.17) is 14.5 Å². The average molecular weight is 405 g/mol. The predicted octanol–water partition coefficient (Wildman–Crippen LogP) is 2.47. The molecule has 1 unspecified atom stereocenters. The zero-order valence-electron chi connectivity index (χ0n) is 18.7. The van der Waals surface area contributed by atoms with Gasteiger partial charge < -0.3 is 25.0 Å². The van der Waals surface area contributed by atoms with Crippen molar-refractivity contribution in [2.75, 3.05) is 33.8 Å². The molecule has 1 aliphatic heterocycles. The zero-order valence-corrected chi connectivity index (χ0v) is 18.7. The molecule has 0 bridgehead atoms. The van der Waals surface area contributed by atoms with Gasteiger partial charge in [-0.3, -0.25) is 4.79 Å². The summed E-state index contributed by atoms with van der Waals surface area (Å²) in [6.07, 6.45) is 2.31. The lowest BCUT2D eigenvalue weighted by Gasteiger charge is -2.23. The lowest BCUT2D eigenvalue weighted by Crippen LogP contribution is -2.45. The van der Waals surface area contributed by atoms with E-state index >= 15 is 0 Å². The van der Waals surface area contributed by atoms with Crippen molar-refractivity contribution in [3.05, 3.63) is 29.3 Å². The van der Waals surface area contributed by atoms with Crippen LogP contribution >= 0.6 is 0 Å². The molecule has 0 spiro atoms. The van der Waals surface area contributed by atoms with Crippen LogP contribution in [0.4, 0.5) is 0 Å². The molecule has 29 heavy (non-hydrogen) atoms. The quantitative estimate of drug-likeness (QED) is 0.539. The topological polar surface area (TPSA) is 75.2 Å². The molecule has 0 aromatic heterocycles. The Kier molecular flexibility index (Phi) is 8.32. The number of rotatable bonds is 7. The van der Waals surface area contributed by atoms with E-state index in [-0.39, 0.29) is 24.2 Å². The molecule has 1 amide bonds. The summed E-state index contributed by atoms with van der Waals surface area (Å²) in [5.74, 6) is 1.42. The number of aliphatic imine (C=N–C) groups is 1. The van der Waals surface area contributed by atoms with Gasteiger partial charge in [0.2, 0.25) is 5.91 Å². The van der Waals surface area contributed by atoms with Crippen molar-refractivity contribution < 1.29 is 14.3 Å². The van der Waals surface area contributed by atoms with E-state index in [0.29, 0.717) is 19.0 Å². The van der Waals surface area contributed by atoms with E-state index in [2.05, 4.69) is 16.7 Å². The number of hydrogen-bond donors (Lipinski definition) is 2. The van der Waals surface area contributed by atoms with Crippen molar-refractivity contribution >= 4 is 11.9 Å². The van der Waals surface area contributed by atoms with Gasteiger partial charge in [0, 0.05) is 32.8 Å². The Bertz CT molecular complexity index is 704. The van der Waals surface area contributed by atoms with Crippen molar-refractivity contribution in [1.29, 1.82) is 0 Å². The summed E-state index contributed by atoms with van der Waals surface area (Å²) in [4.78, 5) is 18.2. The molecule has 0 aliphatic carbocycles. The Morgan fingerprint density at radius 1 is 1.31 bits per heavy atom. The Hall–Kier alpha value is -2.28. The standard InChI is InChI=1S/C22H36N4O3/c1-16-9-10-17(19(12-16)29-22(2,3)4)13-23-21(25-15-20(27)26(5)6)24-14-18-8-7-11-28-18/h9-10,12,18H,7-8,11,13-15H2,1-6H3,(H2,23,24,25). The molecule has 1 heterocycles. The first-order valence-corrected chi connectivity index (χ1v) is 10.3. The molecule has 7 nitrogen and oxygen atoms in total. The maximum absolute atomic E-state index is 12.0. The minimum atomic E-state index is -0.288. The van der Waals surface area contributed by atoms with Crippen LogP contribution in [0.15, 0.2) is 23.2 Å². The van der Waals surface area contributed by atoms with Gasteiger partial charge in [-0.15, -0.1) is 0 Å². The molecule has 162 valence electrons. The van der Waals surface area contributed by atoms with Crippen LogP contribution in [0.25, 0.3) is 0 Å². The molecule has 1 aliphatic rings. The highest BCUT2D eigenvalue weighted by Crippen LogP contribution is 2.25. The molecule has 1 aromatic rings. The van der Waals surface area contributed by atoms with Crippen LogP contribution in [0.2, 0.25) is 0 Å². The summed E-state index contributed by atoms with van der Waals surface area (Å²) in [6, 6.07) is 6.14. The molecular weight excluding hydrogens is 368 g/mol. The van der Waals surface area contributed by atoms with Gasteiger partial charge in [0.15, 0.2) is 5.96 Å². The molecule has 2 N–H and O–H groups in total. The molecular formula is C22H36N4O3. The van der Waals surface area contributed by atoms with Crippen molar-refractivity contribution in [2.24, 2.45) is 4.99 Å². The number of benzene rings is 1. The fourth-order valence-electron chi connectivity index (χ4n) is 2.89. The summed E-state index contributed by atoms with van der Waals surface area (Å²) in [5.41, 5.74) is 1.86. The summed E-state index contributed by atoms with van der Waals surface area (Å²) in [7, 11) is 3.48. The minimum Gasteiger partial charge on any atom is -0.488 e. The summed E-state index contributed by atoms with van der Waals surface area (Å²) in [5, 5.41) is 6.43. The van der Waals surface area contributed by atoms with E-state index in [1.165, 1.54) is 0 Å². The number of likely N-dealkylation sites (N-methyl/N-ethyl adjacent to an activating group) is 1. The Balaban J connectivity index is 2.10. The largest absolute Gasteiger partial charge is 0.488 e. The van der Waals surface area contributed by atoms with E-state index < -0.39 is 0 Å². The number of nitrogens with zero attached hydrogens (tertiary/aromatic N) is 2. The van der Waals surface area contributed by atoms with Crippen molar-refractivity contribution in [3.8, 4) is 5.75 Å². The molecule has 1 aromatic carbocycles. The highest BCUT2D eigenvalue weighted by Gasteiger charge is 2.17. The van der Waals surface area contributed by atoms with Gasteiger partial charge in [0.05, 0.1) is 19.2 Å². The zero-order chi connectivity index (χ0) is 21.4. The van der Waals surface area contributed by atoms with Gasteiger partial charge in [-0.25, -0.2) is 4.99 Å². The van der Waals surface area contributed by atoms with Gasteiger partial charge in [0.25, 0.3) is 0 Å². The maximum Gasteiger partial charge on any atom is 0.241 e. The van der Waals surface area contributed by atoms with E-state index in [9.17, 15) is 4.79 Å². The number of carbonyl (C=O) groups excluding carboxylic acids is 1. The monoisotopic (exact) mass is 404 g/mol. The second-order valence-electron chi connectivity index (χ2n) is 8.65. The lowest BCUT2D eigenvalue weighted by molar-refractivity contribution is -0.127. The van der Waals surface area contributed by atoms with E-state index in [1.54, 1.807) is 19.0 Å². The van der Waals surface area contributed by atoms with Crippen LogP contribution in [0.5, 0.6) is 5.75 Å². The first-order chi connectivity index (χ1) is 13.6. The Labute approximate surface area is 174 Å². The highest BCUT2D eigenvalue weighted by molar-refractivity contribution is 5.86. The number of ether oxygens (including phenoxy) is 2. The van der Waals surface area contributed by atoms with Crippen molar-refractivity contribution in [1.82, 2.24) is 15.5 Å². The van der Waals surface area contributed by atoms with Crippen LogP contribution in [0.3, 0.4) is 0 Å². The number of carbonyl (C=O) groups is 1. The highest BCUT2D eigenvalue weighted by atomic mass is 16.5. The molecule has 1 saturated heterocycles. The number of nitrogens with one attached hydrogen (secondary N) is 2. The Morgan fingerprint density at radius 3 is 2.69 bits per heavy atom. The van der Waals surface area contributed by atoms with E-state index in [0.717, 1.165) is 36.3 Å². The molecule has 1 fully saturated rings. The third-order valence-corrected chi connectivity index (χ3v) is 4.47. The summed E-state index contributed by atoms with van der Waals surface area (Å²) < 4.78 is 11.8. The summed E-state index contributed by atoms with van der Waals surface area (Å²) in [6.45, 7) is 10.3. The van der Waals surface area contributed by atoms with Gasteiger partial charge in [-0.05, 0) is 52.2 Å². The first kappa shape index (κ1) is 23.0. The van der Waals surface area contributed by atoms with Gasteiger partial charge in [-0.1, -0.05) is 12.1 Å². The van der Waals surface area contributed by atoms with Gasteiger partial charge in [-0.2, -0.15) is 0 Å². The second kappa shape index (κ2) is 10.5. The smallest absolute Gasteiger partial charge is 0.241 e. The van der Waals surface area contributed by atoms with Gasteiger partial charge >= 0.3 is 0 Å². The lowest BCUT2D eigenvalue weighted by atomic mass is 10.1. The molecule has 2 rings (SSSR count). The van der Waals surface area contributed by atoms with Crippen molar-refractivity contribution in [3.63, 3.8) is 0 Å². The maximum atomic E-state index is 12.0. The third kappa shape index (κ3) is 8.31. The van der Waals surface area contributed by atoms with Crippen LogP contribution in [-0.2, 0) is 16.1 Å². The molecule has 7 heteroatoms. The van der Waals surface area contributed by atoms with E-state index in [1.807, 2.05) is 39.8 Å². The SMILES string of the molecule is Cc1ccc(CN=C(NCC(=O)N(C)C)NCC2CCCO2)c(OC(C)(C)C)c1. The van der Waals surface area contributed by atoms with Crippen LogP contribution < -0.4 is 15.4 Å². The number of guanidine groups is 1. The second-order valence-corrected chi connectivity index (χ2v) is 8.65. The fraction of sp³-hybridized carbons (Fsp3) is 0.636. The third-order valence-electron chi connectivity index (χ3n) is 4.47. The average Bonchev–Trinajstić information content (AvgIpc) is 3.14. The molecule has 0 radical (unpaired) electrons. The normalized spacial score (nSPS) is 17.2. The minimum absolute atomic E-state index is 0.0105.